The van der Waals surface area contributed by atoms with Gasteiger partial charge in [-0.2, -0.15) is 0 Å². The largest absolute Gasteiger partial charge is 0.467 e. The summed E-state index contributed by atoms with van der Waals surface area (Å²) < 4.78 is 39.5. The second kappa shape index (κ2) is 20.3. The first-order valence-corrected chi connectivity index (χ1v) is 26.2. The molecule has 6 fully saturated rings. The minimum absolute atomic E-state index is 0.0492. The summed E-state index contributed by atoms with van der Waals surface area (Å²) in [6.45, 7) is 17.2. The number of carbonyl (C=O) groups is 5. The van der Waals surface area contributed by atoms with Gasteiger partial charge in [-0.3, -0.25) is 9.59 Å². The van der Waals surface area contributed by atoms with E-state index in [1.165, 1.54) is 0 Å². The van der Waals surface area contributed by atoms with E-state index in [4.69, 9.17) is 33.2 Å². The molecule has 20 atom stereocenters. The van der Waals surface area contributed by atoms with Gasteiger partial charge in [0, 0.05) is 17.8 Å². The number of nitrogens with one attached hydrogen (secondary N) is 1. The summed E-state index contributed by atoms with van der Waals surface area (Å²) in [7, 11) is 2.14. The standard InChI is InChI=1S/C55H79NO17/c1-11-69-44(63)31(25-28-15-13-12-14-16-28)56-49(66)52(5)22-21-51(4)23-24-54(7)29(30(51)27-52)26-32(57)43-53(6)19-18-34(50(2,3)33(53)17-20-55(43,54)8)70-48-42(38(61)37(60)41(72-48)46(65)68-10)73-47-39(62)35(58)36(59)40(71-47)45(64)67-9/h12-16,26,30-31,33-43,47-48,58-62H,11,17-25,27H2,1-10H3,(H,56,66)/t30-,31?,33-,34-,35-,36-,37-,38-,39+,40-,41-,42+,43+,47-,48+,51+,52-,53-,54+,55+/m0/s1. The summed E-state index contributed by atoms with van der Waals surface area (Å²) in [4.78, 5) is 68.7. The Morgan fingerprint density at radius 1 is 0.740 bits per heavy atom. The number of allylic oxidation sites excluding steroid dienone is 2. The highest BCUT2D eigenvalue weighted by Gasteiger charge is 2.71. The van der Waals surface area contributed by atoms with E-state index in [1.807, 2.05) is 43.3 Å². The molecule has 18 nitrogen and oxygen atoms in total. The monoisotopic (exact) mass is 1030 g/mol. The fourth-order valence-corrected chi connectivity index (χ4v) is 15.2. The van der Waals surface area contributed by atoms with Gasteiger partial charge in [-0.1, -0.05) is 84.4 Å². The van der Waals surface area contributed by atoms with Crippen LogP contribution in [0.15, 0.2) is 42.0 Å². The maximum Gasteiger partial charge on any atom is 0.337 e. The third-order valence-corrected chi connectivity index (χ3v) is 19.8. The van der Waals surface area contributed by atoms with Crippen LogP contribution in [0, 0.1) is 50.2 Å². The first kappa shape index (κ1) is 55.4. The van der Waals surface area contributed by atoms with Crippen LogP contribution < -0.4 is 5.32 Å². The molecule has 2 aliphatic heterocycles. The van der Waals surface area contributed by atoms with Crippen LogP contribution in [0.2, 0.25) is 0 Å². The van der Waals surface area contributed by atoms with E-state index in [1.54, 1.807) is 6.92 Å². The summed E-state index contributed by atoms with van der Waals surface area (Å²) in [6.07, 6.45) is -10.5. The van der Waals surface area contributed by atoms with Crippen molar-refractivity contribution in [1.82, 2.24) is 5.32 Å². The Kier molecular flexibility index (Phi) is 15.4. The van der Waals surface area contributed by atoms with Crippen LogP contribution in [0.4, 0.5) is 0 Å². The Hall–Kier alpha value is -3.85. The van der Waals surface area contributed by atoms with Crippen molar-refractivity contribution in [3.8, 4) is 0 Å². The molecule has 6 N–H and O–H groups in total. The Morgan fingerprint density at radius 2 is 1.36 bits per heavy atom. The highest BCUT2D eigenvalue weighted by atomic mass is 16.8. The van der Waals surface area contributed by atoms with Crippen molar-refractivity contribution in [2.45, 2.75) is 193 Å². The molecule has 1 unspecified atom stereocenters. The van der Waals surface area contributed by atoms with E-state index in [0.717, 1.165) is 57.5 Å². The van der Waals surface area contributed by atoms with Crippen molar-refractivity contribution in [2.75, 3.05) is 20.8 Å². The Balaban J connectivity index is 1.05. The lowest BCUT2D eigenvalue weighted by Gasteiger charge is -2.70. The van der Waals surface area contributed by atoms with Gasteiger partial charge in [-0.15, -0.1) is 0 Å². The van der Waals surface area contributed by atoms with Crippen molar-refractivity contribution < 1.29 is 82.7 Å². The van der Waals surface area contributed by atoms with E-state index in [9.17, 15) is 44.7 Å². The first-order valence-electron chi connectivity index (χ1n) is 26.2. The van der Waals surface area contributed by atoms with E-state index < -0.39 is 113 Å². The third kappa shape index (κ3) is 9.29. The zero-order valence-electron chi connectivity index (χ0n) is 44.0. The van der Waals surface area contributed by atoms with Crippen molar-refractivity contribution >= 4 is 29.6 Å². The van der Waals surface area contributed by atoms with E-state index >= 15 is 4.79 Å². The number of rotatable bonds is 12. The van der Waals surface area contributed by atoms with Gasteiger partial charge in [-0.25, -0.2) is 14.4 Å². The molecular weight excluding hydrogens is 947 g/mol. The number of ketones is 1. The molecule has 0 aromatic heterocycles. The number of hydrogen-bond donors (Lipinski definition) is 6. The molecular formula is C55H79NO17. The first-order chi connectivity index (χ1) is 34.2. The lowest BCUT2D eigenvalue weighted by molar-refractivity contribution is -0.371. The van der Waals surface area contributed by atoms with Crippen LogP contribution in [0.25, 0.3) is 0 Å². The summed E-state index contributed by atoms with van der Waals surface area (Å²) in [5, 5.41) is 58.0. The minimum Gasteiger partial charge on any atom is -0.467 e. The van der Waals surface area contributed by atoms with Gasteiger partial charge in [0.15, 0.2) is 30.6 Å². The van der Waals surface area contributed by atoms with Gasteiger partial charge in [0.25, 0.3) is 0 Å². The lowest BCUT2D eigenvalue weighted by atomic mass is 9.33. The molecule has 73 heavy (non-hydrogen) atoms. The van der Waals surface area contributed by atoms with Crippen LogP contribution in [0.5, 0.6) is 0 Å². The number of hydrogen-bond acceptors (Lipinski definition) is 17. The number of carbonyl (C=O) groups excluding carboxylic acids is 5. The normalized spacial score (nSPS) is 44.4. The maximum atomic E-state index is 15.3. The van der Waals surface area contributed by atoms with Crippen LogP contribution in [-0.4, -0.2) is 150 Å². The summed E-state index contributed by atoms with van der Waals surface area (Å²) >= 11 is 0. The van der Waals surface area contributed by atoms with Crippen molar-refractivity contribution in [3.05, 3.63) is 47.5 Å². The topological polar surface area (TPSA) is 263 Å². The summed E-state index contributed by atoms with van der Waals surface area (Å²) in [6, 6.07) is 8.71. The average Bonchev–Trinajstić information content (AvgIpc) is 3.35. The molecule has 0 spiro atoms. The molecule has 4 saturated carbocycles. The van der Waals surface area contributed by atoms with E-state index in [2.05, 4.69) is 46.9 Å². The fraction of sp³-hybridized carbons (Fsp3) is 0.764. The van der Waals surface area contributed by atoms with Gasteiger partial charge < -0.3 is 64.0 Å². The molecule has 2 heterocycles. The molecule has 0 radical (unpaired) electrons. The molecule has 0 bridgehead atoms. The van der Waals surface area contributed by atoms with Crippen molar-refractivity contribution in [2.24, 2.45) is 50.2 Å². The zero-order valence-corrected chi connectivity index (χ0v) is 44.0. The van der Waals surface area contributed by atoms with Crippen LogP contribution in [0.3, 0.4) is 0 Å². The van der Waals surface area contributed by atoms with Gasteiger partial charge in [0.2, 0.25) is 5.91 Å². The highest BCUT2D eigenvalue weighted by Crippen LogP contribution is 2.75. The predicted molar refractivity (Wildman–Crippen MR) is 259 cm³/mol. The SMILES string of the molecule is CCOC(=O)C(Cc1ccccc1)NC(=O)[C@@]1(C)CC[C@]2(C)CC[C@]3(C)C(=CC(=O)[C@@H]4[C@@]5(C)CC[C@H](O[C@@H]6O[C@H](C(=O)OC)[C@@H](O)[C@H](O)[C@H]6O[C@@H]6O[C@H](C(=O)OC)[C@@H](O)[C@H](O)[C@H]6O)C(C)(C)[C@@H]5CC[C@]43C)[C@@H]2C1. The number of benzene rings is 1. The highest BCUT2D eigenvalue weighted by molar-refractivity contribution is 5.96. The molecule has 406 valence electrons. The Morgan fingerprint density at radius 3 is 1.99 bits per heavy atom. The predicted octanol–water partition coefficient (Wildman–Crippen LogP) is 3.63. The third-order valence-electron chi connectivity index (χ3n) is 19.8. The number of fused-ring (bicyclic) bond motifs is 7. The molecule has 7 aliphatic rings. The molecule has 1 amide bonds. The van der Waals surface area contributed by atoms with Crippen LogP contribution >= 0.6 is 0 Å². The molecule has 2 saturated heterocycles. The maximum absolute atomic E-state index is 15.3. The average molecular weight is 1030 g/mol. The second-order valence-corrected chi connectivity index (χ2v) is 24.2. The fourth-order valence-electron chi connectivity index (χ4n) is 15.2. The summed E-state index contributed by atoms with van der Waals surface area (Å²) in [5.74, 6) is -3.16. The Labute approximate surface area is 428 Å². The zero-order chi connectivity index (χ0) is 53.4. The number of esters is 3. The minimum atomic E-state index is -1.95. The molecule has 18 heteroatoms. The number of aliphatic hydroxyl groups excluding tert-OH is 5. The van der Waals surface area contributed by atoms with Gasteiger partial charge >= 0.3 is 17.9 Å². The van der Waals surface area contributed by atoms with Crippen molar-refractivity contribution in [1.29, 1.82) is 0 Å². The molecule has 5 aliphatic carbocycles. The summed E-state index contributed by atoms with van der Waals surface area (Å²) in [5.41, 5.74) is -0.943. The van der Waals surface area contributed by atoms with E-state index in [0.29, 0.717) is 32.1 Å². The number of aliphatic hydroxyl groups is 5. The second-order valence-electron chi connectivity index (χ2n) is 24.2. The number of amides is 1. The number of ether oxygens (including phenoxy) is 7. The molecule has 8 rings (SSSR count). The quantitative estimate of drug-likeness (QED) is 0.0992. The van der Waals surface area contributed by atoms with Gasteiger partial charge in [0.1, 0.15) is 42.7 Å². The molecule has 1 aromatic rings. The lowest BCUT2D eigenvalue weighted by Crippen LogP contribution is -2.68. The number of methoxy groups -OCH3 is 2. The van der Waals surface area contributed by atoms with Gasteiger partial charge in [-0.05, 0) is 115 Å². The smallest absolute Gasteiger partial charge is 0.337 e. The molecule has 1 aromatic carbocycles. The van der Waals surface area contributed by atoms with Gasteiger partial charge in [0.05, 0.1) is 26.9 Å². The van der Waals surface area contributed by atoms with E-state index in [-0.39, 0.29) is 46.9 Å². The Bertz CT molecular complexity index is 2290. The van der Waals surface area contributed by atoms with Crippen LogP contribution in [0.1, 0.15) is 119 Å². The van der Waals surface area contributed by atoms with Crippen LogP contribution in [-0.2, 0) is 63.6 Å². The van der Waals surface area contributed by atoms with Crippen molar-refractivity contribution in [3.63, 3.8) is 0 Å².